The van der Waals surface area contributed by atoms with Crippen molar-refractivity contribution in [1.82, 2.24) is 0 Å². The Morgan fingerprint density at radius 3 is 2.57 bits per heavy atom. The summed E-state index contributed by atoms with van der Waals surface area (Å²) >= 11 is 0. The number of hydrogen-bond acceptors (Lipinski definition) is 3. The Morgan fingerprint density at radius 2 is 1.83 bits per heavy atom. The molecule has 23 heavy (non-hydrogen) atoms. The molecule has 0 unspecified atom stereocenters. The molecule has 0 aromatic heterocycles. The van der Waals surface area contributed by atoms with Gasteiger partial charge in [0.15, 0.2) is 11.5 Å². The second kappa shape index (κ2) is 4.54. The largest absolute Gasteiger partial charge is 0.493 e. The number of ether oxygens (including phenoxy) is 2. The number of benzene rings is 2. The second-order valence-electron chi connectivity index (χ2n) is 6.71. The minimum absolute atomic E-state index is 0.187. The summed E-state index contributed by atoms with van der Waals surface area (Å²) in [6.45, 7) is 4.47. The Kier molecular flexibility index (Phi) is 2.80. The molecule has 0 aliphatic carbocycles. The van der Waals surface area contributed by atoms with Gasteiger partial charge in [0.25, 0.3) is 0 Å². The normalized spacial score (nSPS) is 23.4. The van der Waals surface area contributed by atoms with Crippen LogP contribution in [0.15, 0.2) is 48.5 Å². The van der Waals surface area contributed by atoms with Crippen LogP contribution >= 0.6 is 0 Å². The molecule has 3 nitrogen and oxygen atoms in total. The van der Waals surface area contributed by atoms with Crippen molar-refractivity contribution >= 4 is 11.8 Å². The van der Waals surface area contributed by atoms with E-state index in [0.717, 1.165) is 17.1 Å². The van der Waals surface area contributed by atoms with E-state index in [4.69, 9.17) is 9.47 Å². The predicted octanol–water partition coefficient (Wildman–Crippen LogP) is 4.22. The smallest absolute Gasteiger partial charge is 0.212 e. The summed E-state index contributed by atoms with van der Waals surface area (Å²) in [4.78, 5) is 2.23. The molecule has 0 N–H and O–H groups in total. The van der Waals surface area contributed by atoms with Crippen molar-refractivity contribution in [3.05, 3.63) is 59.7 Å². The van der Waals surface area contributed by atoms with Gasteiger partial charge in [0.2, 0.25) is 5.72 Å². The van der Waals surface area contributed by atoms with Crippen LogP contribution in [0.5, 0.6) is 11.5 Å². The predicted molar refractivity (Wildman–Crippen MR) is 93.3 cm³/mol. The van der Waals surface area contributed by atoms with Crippen LogP contribution in [0.4, 0.5) is 5.69 Å². The summed E-state index contributed by atoms with van der Waals surface area (Å²) in [5, 5.41) is 0. The lowest BCUT2D eigenvalue weighted by molar-refractivity contribution is 0.0552. The first kappa shape index (κ1) is 14.2. The standard InChI is InChI=1S/C20H21NO2/c1-19(2)15-9-5-6-10-16(15)21(3)20(19)13-12-14-8-7-11-17(22-4)18(14)23-20/h5-13H,1-4H3/t20-/m0/s1. The van der Waals surface area contributed by atoms with Gasteiger partial charge in [-0.15, -0.1) is 0 Å². The Hall–Kier alpha value is -2.42. The van der Waals surface area contributed by atoms with Crippen molar-refractivity contribution in [2.45, 2.75) is 25.0 Å². The van der Waals surface area contributed by atoms with Gasteiger partial charge in [-0.25, -0.2) is 0 Å². The summed E-state index contributed by atoms with van der Waals surface area (Å²) in [7, 11) is 3.78. The molecule has 1 spiro atoms. The maximum absolute atomic E-state index is 6.63. The van der Waals surface area contributed by atoms with Gasteiger partial charge in [-0.3, -0.25) is 0 Å². The fraction of sp³-hybridized carbons (Fsp3) is 0.300. The van der Waals surface area contributed by atoms with Crippen molar-refractivity contribution in [1.29, 1.82) is 0 Å². The maximum atomic E-state index is 6.63. The number of rotatable bonds is 1. The zero-order chi connectivity index (χ0) is 16.2. The molecule has 118 valence electrons. The highest BCUT2D eigenvalue weighted by Gasteiger charge is 2.57. The van der Waals surface area contributed by atoms with Gasteiger partial charge < -0.3 is 14.4 Å². The van der Waals surface area contributed by atoms with Gasteiger partial charge in [-0.05, 0) is 43.7 Å². The first-order valence-corrected chi connectivity index (χ1v) is 7.90. The van der Waals surface area contributed by atoms with Gasteiger partial charge in [-0.2, -0.15) is 0 Å². The summed E-state index contributed by atoms with van der Waals surface area (Å²) in [6.07, 6.45) is 4.32. The van der Waals surface area contributed by atoms with Gasteiger partial charge in [0.1, 0.15) is 0 Å². The van der Waals surface area contributed by atoms with Crippen LogP contribution < -0.4 is 14.4 Å². The Morgan fingerprint density at radius 1 is 1.04 bits per heavy atom. The molecule has 2 aromatic carbocycles. The van der Waals surface area contributed by atoms with Crippen molar-refractivity contribution in [3.8, 4) is 11.5 Å². The summed E-state index contributed by atoms with van der Waals surface area (Å²) in [6, 6.07) is 14.5. The van der Waals surface area contributed by atoms with Crippen molar-refractivity contribution in [2.75, 3.05) is 19.1 Å². The molecule has 0 saturated heterocycles. The first-order valence-electron chi connectivity index (χ1n) is 7.90. The van der Waals surface area contributed by atoms with E-state index in [2.05, 4.69) is 68.3 Å². The van der Waals surface area contributed by atoms with Crippen LogP contribution in [0.1, 0.15) is 25.0 Å². The van der Waals surface area contributed by atoms with Crippen LogP contribution in [0.25, 0.3) is 6.08 Å². The Bertz CT molecular complexity index is 809. The van der Waals surface area contributed by atoms with E-state index >= 15 is 0 Å². The lowest BCUT2D eigenvalue weighted by atomic mass is 9.76. The Labute approximate surface area is 137 Å². The second-order valence-corrected chi connectivity index (χ2v) is 6.71. The summed E-state index contributed by atoms with van der Waals surface area (Å²) < 4.78 is 12.1. The highest BCUT2D eigenvalue weighted by Crippen LogP contribution is 2.55. The first-order chi connectivity index (χ1) is 11.0. The molecule has 0 saturated carbocycles. The SMILES string of the molecule is COc1cccc2c1O[C@]1(C=C2)N(C)c2ccccc2C1(C)C. The van der Waals surface area contributed by atoms with Crippen molar-refractivity contribution in [3.63, 3.8) is 0 Å². The van der Waals surface area contributed by atoms with E-state index in [1.165, 1.54) is 11.3 Å². The van der Waals surface area contributed by atoms with Gasteiger partial charge >= 0.3 is 0 Å². The topological polar surface area (TPSA) is 21.7 Å². The monoisotopic (exact) mass is 307 g/mol. The minimum Gasteiger partial charge on any atom is -0.493 e. The lowest BCUT2D eigenvalue weighted by Gasteiger charge is -2.46. The molecule has 4 rings (SSSR count). The van der Waals surface area contributed by atoms with Crippen LogP contribution in [-0.4, -0.2) is 19.9 Å². The van der Waals surface area contributed by atoms with Crippen LogP contribution in [0.2, 0.25) is 0 Å². The number of anilines is 1. The Balaban J connectivity index is 1.91. The third-order valence-corrected chi connectivity index (χ3v) is 5.31. The fourth-order valence-electron chi connectivity index (χ4n) is 3.93. The molecular formula is C20H21NO2. The number of fused-ring (bicyclic) bond motifs is 2. The molecule has 2 heterocycles. The highest BCUT2D eigenvalue weighted by molar-refractivity contribution is 5.73. The summed E-state index contributed by atoms with van der Waals surface area (Å²) in [5.74, 6) is 1.58. The summed E-state index contributed by atoms with van der Waals surface area (Å²) in [5.41, 5.74) is 2.81. The van der Waals surface area contributed by atoms with E-state index in [0.29, 0.717) is 0 Å². The minimum atomic E-state index is -0.557. The lowest BCUT2D eigenvalue weighted by Crippen LogP contribution is -2.58. The van der Waals surface area contributed by atoms with E-state index < -0.39 is 5.72 Å². The molecule has 0 bridgehead atoms. The van der Waals surface area contributed by atoms with Crippen LogP contribution in [-0.2, 0) is 5.41 Å². The fourth-order valence-corrected chi connectivity index (χ4v) is 3.93. The molecule has 2 aliphatic rings. The van der Waals surface area contributed by atoms with Gasteiger partial charge in [0, 0.05) is 18.3 Å². The quantitative estimate of drug-likeness (QED) is 0.787. The maximum Gasteiger partial charge on any atom is 0.212 e. The van der Waals surface area contributed by atoms with E-state index in [1.807, 2.05) is 12.1 Å². The van der Waals surface area contributed by atoms with Crippen LogP contribution in [0, 0.1) is 0 Å². The molecule has 1 atom stereocenters. The average Bonchev–Trinajstić information content (AvgIpc) is 2.74. The number of methoxy groups -OCH3 is 1. The van der Waals surface area contributed by atoms with E-state index in [9.17, 15) is 0 Å². The molecule has 0 amide bonds. The van der Waals surface area contributed by atoms with E-state index in [-0.39, 0.29) is 5.41 Å². The molecule has 0 radical (unpaired) electrons. The zero-order valence-electron chi connectivity index (χ0n) is 14.0. The number of likely N-dealkylation sites (N-methyl/N-ethyl adjacent to an activating group) is 1. The average molecular weight is 307 g/mol. The number of hydrogen-bond donors (Lipinski definition) is 0. The number of para-hydroxylation sites is 2. The van der Waals surface area contributed by atoms with Crippen molar-refractivity contribution in [2.24, 2.45) is 0 Å². The molecule has 2 aromatic rings. The molecular weight excluding hydrogens is 286 g/mol. The van der Waals surface area contributed by atoms with E-state index in [1.54, 1.807) is 7.11 Å². The van der Waals surface area contributed by atoms with Gasteiger partial charge in [0.05, 0.1) is 12.5 Å². The molecule has 3 heteroatoms. The van der Waals surface area contributed by atoms with Crippen LogP contribution in [0.3, 0.4) is 0 Å². The van der Waals surface area contributed by atoms with Gasteiger partial charge in [-0.1, -0.05) is 30.3 Å². The number of nitrogens with zero attached hydrogens (tertiary/aromatic N) is 1. The van der Waals surface area contributed by atoms with Crippen molar-refractivity contribution < 1.29 is 9.47 Å². The zero-order valence-corrected chi connectivity index (χ0v) is 14.0. The molecule has 0 fully saturated rings. The third kappa shape index (κ3) is 1.65. The molecule has 2 aliphatic heterocycles. The third-order valence-electron chi connectivity index (χ3n) is 5.31. The highest BCUT2D eigenvalue weighted by atomic mass is 16.5.